The monoisotopic (exact) mass is 328 g/mol. The molecule has 1 aromatic heterocycles. The van der Waals surface area contributed by atoms with E-state index in [2.05, 4.69) is 50.1 Å². The summed E-state index contributed by atoms with van der Waals surface area (Å²) >= 11 is 0. The molecule has 2 aromatic rings. The highest BCUT2D eigenvalue weighted by Crippen LogP contribution is 2.23. The van der Waals surface area contributed by atoms with Crippen LogP contribution in [0.4, 0.5) is 0 Å². The Morgan fingerprint density at radius 1 is 1.04 bits per heavy atom. The first-order chi connectivity index (χ1) is 11.0. The third-order valence-electron chi connectivity index (χ3n) is 4.02. The number of benzene rings is 1. The van der Waals surface area contributed by atoms with Gasteiger partial charge in [-0.05, 0) is 44.2 Å². The molecule has 1 aromatic carbocycles. The van der Waals surface area contributed by atoms with Gasteiger partial charge in [0, 0.05) is 0 Å². The van der Waals surface area contributed by atoms with E-state index < -0.39 is 0 Å². The highest BCUT2D eigenvalue weighted by atomic mass is 16.5. The Morgan fingerprint density at radius 3 is 2.12 bits per heavy atom. The fourth-order valence-corrected chi connectivity index (χ4v) is 2.41. The van der Waals surface area contributed by atoms with Gasteiger partial charge in [-0.2, -0.15) is 5.10 Å². The lowest BCUT2D eigenvalue weighted by molar-refractivity contribution is 0.288. The smallest absolute Gasteiger partial charge is 0.273 e. The predicted octanol–water partition coefficient (Wildman–Crippen LogP) is 4.18. The topological polar surface area (TPSA) is 44.1 Å². The summed E-state index contributed by atoms with van der Waals surface area (Å²) in [5.41, 5.74) is 2.63. The van der Waals surface area contributed by atoms with Crippen LogP contribution in [0.25, 0.3) is 0 Å². The highest BCUT2D eigenvalue weighted by molar-refractivity contribution is 5.29. The van der Waals surface area contributed by atoms with E-state index in [9.17, 15) is 4.79 Å². The molecule has 0 spiro atoms. The van der Waals surface area contributed by atoms with Gasteiger partial charge in [0.2, 0.25) is 0 Å². The molecule has 4 nitrogen and oxygen atoms in total. The molecule has 130 valence electrons. The Morgan fingerprint density at radius 2 is 1.62 bits per heavy atom. The van der Waals surface area contributed by atoms with Crippen molar-refractivity contribution in [2.24, 2.45) is 0 Å². The molecule has 0 unspecified atom stereocenters. The molecule has 4 heteroatoms. The van der Waals surface area contributed by atoms with Crippen LogP contribution in [-0.2, 0) is 17.6 Å². The van der Waals surface area contributed by atoms with Crippen molar-refractivity contribution < 1.29 is 4.74 Å². The van der Waals surface area contributed by atoms with E-state index in [1.54, 1.807) is 13.1 Å². The van der Waals surface area contributed by atoms with E-state index in [1.165, 1.54) is 10.2 Å². The fourth-order valence-electron chi connectivity index (χ4n) is 2.41. The maximum atomic E-state index is 12.4. The minimum atomic E-state index is -0.344. The summed E-state index contributed by atoms with van der Waals surface area (Å²) in [6.45, 7) is 14.7. The summed E-state index contributed by atoms with van der Waals surface area (Å²) in [5.74, 6) is 0.542. The second kappa shape index (κ2) is 6.42. The van der Waals surface area contributed by atoms with Crippen LogP contribution < -0.4 is 10.3 Å². The Balaban J connectivity index is 2.16. The molecular formula is C20H28N2O2. The Kier molecular flexibility index (Phi) is 4.88. The molecule has 0 amide bonds. The van der Waals surface area contributed by atoms with Gasteiger partial charge in [-0.1, -0.05) is 45.0 Å². The van der Waals surface area contributed by atoms with E-state index in [4.69, 9.17) is 4.74 Å². The zero-order valence-corrected chi connectivity index (χ0v) is 15.8. The minimum absolute atomic E-state index is 0.108. The minimum Gasteiger partial charge on any atom is -0.487 e. The number of ether oxygens (including phenoxy) is 1. The molecular weight excluding hydrogens is 300 g/mol. The van der Waals surface area contributed by atoms with Crippen molar-refractivity contribution in [1.82, 2.24) is 9.78 Å². The van der Waals surface area contributed by atoms with Crippen molar-refractivity contribution in [3.63, 3.8) is 0 Å². The van der Waals surface area contributed by atoms with Crippen molar-refractivity contribution in [2.75, 3.05) is 0 Å². The Hall–Kier alpha value is -2.10. The van der Waals surface area contributed by atoms with Crippen molar-refractivity contribution in [2.45, 2.75) is 66.0 Å². The molecule has 1 heterocycles. The van der Waals surface area contributed by atoms with Crippen LogP contribution in [0.5, 0.6) is 5.75 Å². The average Bonchev–Trinajstić information content (AvgIpc) is 2.47. The lowest BCUT2D eigenvalue weighted by Gasteiger charge is -2.21. The van der Waals surface area contributed by atoms with E-state index in [-0.39, 0.29) is 16.5 Å². The van der Waals surface area contributed by atoms with Crippen LogP contribution in [0, 0.1) is 6.92 Å². The average molecular weight is 328 g/mol. The maximum Gasteiger partial charge on any atom is 0.273 e. The fraction of sp³-hybridized carbons (Fsp3) is 0.500. The van der Waals surface area contributed by atoms with Crippen molar-refractivity contribution in [1.29, 1.82) is 0 Å². The summed E-state index contributed by atoms with van der Waals surface area (Å²) in [6.07, 6.45) is 1.63. The molecule has 0 fully saturated rings. The summed E-state index contributed by atoms with van der Waals surface area (Å²) in [6, 6.07) is 8.39. The van der Waals surface area contributed by atoms with Gasteiger partial charge in [-0.25, -0.2) is 4.68 Å². The van der Waals surface area contributed by atoms with Gasteiger partial charge in [0.25, 0.3) is 5.56 Å². The van der Waals surface area contributed by atoms with Gasteiger partial charge < -0.3 is 4.74 Å². The summed E-state index contributed by atoms with van der Waals surface area (Å²) in [4.78, 5) is 12.4. The Labute approximate surface area is 144 Å². The van der Waals surface area contributed by atoms with Crippen LogP contribution in [-0.4, -0.2) is 9.78 Å². The molecule has 0 saturated carbocycles. The highest BCUT2D eigenvalue weighted by Gasteiger charge is 2.19. The molecule has 0 aliphatic heterocycles. The van der Waals surface area contributed by atoms with Gasteiger partial charge in [0.05, 0.1) is 17.3 Å². The van der Waals surface area contributed by atoms with Crippen LogP contribution in [0.1, 0.15) is 58.2 Å². The van der Waals surface area contributed by atoms with Crippen molar-refractivity contribution in [3.8, 4) is 5.75 Å². The quantitative estimate of drug-likeness (QED) is 0.849. The lowest BCUT2D eigenvalue weighted by Crippen LogP contribution is -2.37. The Bertz CT molecular complexity index is 760. The molecule has 24 heavy (non-hydrogen) atoms. The maximum absolute atomic E-state index is 12.4. The second-order valence-corrected chi connectivity index (χ2v) is 8.26. The summed E-state index contributed by atoms with van der Waals surface area (Å²) in [5, 5.41) is 4.25. The first-order valence-corrected chi connectivity index (χ1v) is 8.32. The molecule has 0 aliphatic rings. The number of hydrogen-bond donors (Lipinski definition) is 0. The van der Waals surface area contributed by atoms with Crippen LogP contribution >= 0.6 is 0 Å². The zero-order valence-electron chi connectivity index (χ0n) is 15.8. The van der Waals surface area contributed by atoms with Gasteiger partial charge >= 0.3 is 0 Å². The lowest BCUT2D eigenvalue weighted by atomic mass is 9.87. The standard InChI is InChI=1S/C20H28N2O2/c1-14-17(12-21-22(18(14)23)20(5,6)7)24-13-15-8-10-16(11-9-15)19(2,3)4/h8-12H,13H2,1-7H3. The van der Waals surface area contributed by atoms with E-state index in [1.807, 2.05) is 20.8 Å². The van der Waals surface area contributed by atoms with Crippen molar-refractivity contribution in [3.05, 3.63) is 57.5 Å². The van der Waals surface area contributed by atoms with Gasteiger partial charge in [-0.15, -0.1) is 0 Å². The SMILES string of the molecule is Cc1c(OCc2ccc(C(C)(C)C)cc2)cnn(C(C)(C)C)c1=O. The molecule has 2 rings (SSSR count). The van der Waals surface area contributed by atoms with E-state index in [0.29, 0.717) is 17.9 Å². The van der Waals surface area contributed by atoms with Crippen LogP contribution in [0.15, 0.2) is 35.3 Å². The first kappa shape index (κ1) is 18.2. The van der Waals surface area contributed by atoms with E-state index in [0.717, 1.165) is 5.56 Å². The third kappa shape index (κ3) is 4.05. The molecule has 0 atom stereocenters. The molecule has 0 saturated heterocycles. The van der Waals surface area contributed by atoms with Gasteiger partial charge in [0.15, 0.2) is 0 Å². The van der Waals surface area contributed by atoms with Gasteiger partial charge in [-0.3, -0.25) is 4.79 Å². The summed E-state index contributed by atoms with van der Waals surface area (Å²) in [7, 11) is 0. The first-order valence-electron chi connectivity index (χ1n) is 8.32. The number of hydrogen-bond acceptors (Lipinski definition) is 3. The molecule has 0 radical (unpaired) electrons. The van der Waals surface area contributed by atoms with Crippen LogP contribution in [0.3, 0.4) is 0 Å². The number of rotatable bonds is 3. The van der Waals surface area contributed by atoms with Crippen LogP contribution in [0.2, 0.25) is 0 Å². The molecule has 0 N–H and O–H groups in total. The summed E-state index contributed by atoms with van der Waals surface area (Å²) < 4.78 is 7.31. The molecule has 0 aliphatic carbocycles. The largest absolute Gasteiger partial charge is 0.487 e. The zero-order chi connectivity index (χ0) is 18.1. The third-order valence-corrected chi connectivity index (χ3v) is 4.02. The second-order valence-electron chi connectivity index (χ2n) is 8.26. The number of aromatic nitrogens is 2. The van der Waals surface area contributed by atoms with E-state index >= 15 is 0 Å². The predicted molar refractivity (Wildman–Crippen MR) is 97.7 cm³/mol. The number of nitrogens with zero attached hydrogens (tertiary/aromatic N) is 2. The normalized spacial score (nSPS) is 12.3. The molecule has 0 bridgehead atoms. The van der Waals surface area contributed by atoms with Gasteiger partial charge in [0.1, 0.15) is 12.4 Å². The van der Waals surface area contributed by atoms with Crippen molar-refractivity contribution >= 4 is 0 Å².